The summed E-state index contributed by atoms with van der Waals surface area (Å²) in [6.45, 7) is 1.61. The zero-order valence-electron chi connectivity index (χ0n) is 11.9. The van der Waals surface area contributed by atoms with E-state index in [1.165, 1.54) is 12.1 Å². The first-order chi connectivity index (χ1) is 9.99. The lowest BCUT2D eigenvalue weighted by Crippen LogP contribution is -2.41. The number of carbonyl (C=O) groups excluding carboxylic acids is 1. The van der Waals surface area contributed by atoms with Crippen LogP contribution in [0.25, 0.3) is 0 Å². The van der Waals surface area contributed by atoms with Gasteiger partial charge in [-0.25, -0.2) is 4.39 Å². The number of rotatable bonds is 5. The van der Waals surface area contributed by atoms with Crippen molar-refractivity contribution in [1.29, 1.82) is 0 Å². The minimum Gasteiger partial charge on any atom is -0.352 e. The summed E-state index contributed by atoms with van der Waals surface area (Å²) in [6, 6.07) is 4.52. The molecule has 21 heavy (non-hydrogen) atoms. The first-order valence-corrected chi connectivity index (χ1v) is 8.85. The molecule has 0 saturated heterocycles. The molecule has 6 heteroatoms. The van der Waals surface area contributed by atoms with Gasteiger partial charge in [-0.1, -0.05) is 30.5 Å². The van der Waals surface area contributed by atoms with Gasteiger partial charge in [-0.2, -0.15) is 0 Å². The molecular formula is C15H19ClFNO2S. The molecule has 0 radical (unpaired) electrons. The van der Waals surface area contributed by atoms with Gasteiger partial charge in [0.15, 0.2) is 0 Å². The van der Waals surface area contributed by atoms with Crippen molar-refractivity contribution in [3.63, 3.8) is 0 Å². The average molecular weight is 332 g/mol. The van der Waals surface area contributed by atoms with Gasteiger partial charge in [0.2, 0.25) is 5.91 Å². The van der Waals surface area contributed by atoms with Gasteiger partial charge in [-0.05, 0) is 31.9 Å². The van der Waals surface area contributed by atoms with Gasteiger partial charge in [-0.3, -0.25) is 9.00 Å². The van der Waals surface area contributed by atoms with E-state index in [1.807, 2.05) is 0 Å². The quantitative estimate of drug-likeness (QED) is 0.900. The van der Waals surface area contributed by atoms with Crippen molar-refractivity contribution in [2.24, 2.45) is 0 Å². The highest BCUT2D eigenvalue weighted by Crippen LogP contribution is 2.22. The minimum atomic E-state index is -1.50. The molecular weight excluding hydrogens is 313 g/mol. The van der Waals surface area contributed by atoms with E-state index >= 15 is 0 Å². The van der Waals surface area contributed by atoms with E-state index in [-0.39, 0.29) is 28.3 Å². The van der Waals surface area contributed by atoms with Crippen LogP contribution >= 0.6 is 11.6 Å². The van der Waals surface area contributed by atoms with Gasteiger partial charge in [0.25, 0.3) is 0 Å². The SMILES string of the molecule is C[C@@H](C(=O)NC1CCCC1)[S@](=O)Cc1c(F)cccc1Cl. The Morgan fingerprint density at radius 2 is 2.14 bits per heavy atom. The Hall–Kier alpha value is -0.940. The normalized spacial score (nSPS) is 18.4. The van der Waals surface area contributed by atoms with Crippen LogP contribution in [0.3, 0.4) is 0 Å². The molecule has 0 heterocycles. The van der Waals surface area contributed by atoms with Crippen molar-refractivity contribution in [1.82, 2.24) is 5.32 Å². The molecule has 0 bridgehead atoms. The number of halogens is 2. The molecule has 1 aromatic carbocycles. The molecule has 0 unspecified atom stereocenters. The third-order valence-electron chi connectivity index (χ3n) is 3.81. The van der Waals surface area contributed by atoms with E-state index in [0.29, 0.717) is 0 Å². The van der Waals surface area contributed by atoms with Crippen LogP contribution < -0.4 is 5.32 Å². The molecule has 3 nitrogen and oxygen atoms in total. The first-order valence-electron chi connectivity index (χ1n) is 7.09. The summed E-state index contributed by atoms with van der Waals surface area (Å²) in [5.74, 6) is -0.767. The van der Waals surface area contributed by atoms with E-state index < -0.39 is 21.9 Å². The Labute approximate surface area is 131 Å². The van der Waals surface area contributed by atoms with Crippen molar-refractivity contribution in [2.45, 2.75) is 49.7 Å². The molecule has 1 fully saturated rings. The van der Waals surface area contributed by atoms with Crippen LogP contribution in [0.4, 0.5) is 4.39 Å². The second kappa shape index (κ2) is 7.36. The Kier molecular flexibility index (Phi) is 5.76. The molecule has 0 aliphatic heterocycles. The lowest BCUT2D eigenvalue weighted by atomic mass is 10.2. The molecule has 1 saturated carbocycles. The van der Waals surface area contributed by atoms with Gasteiger partial charge in [-0.15, -0.1) is 0 Å². The monoisotopic (exact) mass is 331 g/mol. The predicted molar refractivity (Wildman–Crippen MR) is 83.1 cm³/mol. The van der Waals surface area contributed by atoms with Gasteiger partial charge < -0.3 is 5.32 Å². The maximum Gasteiger partial charge on any atom is 0.235 e. The summed E-state index contributed by atoms with van der Waals surface area (Å²) < 4.78 is 25.9. The molecule has 1 aliphatic carbocycles. The van der Waals surface area contributed by atoms with E-state index in [2.05, 4.69) is 5.32 Å². The zero-order chi connectivity index (χ0) is 15.4. The highest BCUT2D eigenvalue weighted by molar-refractivity contribution is 7.85. The number of hydrogen-bond donors (Lipinski definition) is 1. The standard InChI is InChI=1S/C15H19ClFNO2S/c1-10(15(19)18-11-5-2-3-6-11)21(20)9-12-13(16)7-4-8-14(12)17/h4,7-8,10-11H,2-3,5-6,9H2,1H3,(H,18,19)/t10-,21+/m0/s1. The van der Waals surface area contributed by atoms with Crippen LogP contribution in [-0.2, 0) is 21.3 Å². The lowest BCUT2D eigenvalue weighted by Gasteiger charge is -2.16. The summed E-state index contributed by atoms with van der Waals surface area (Å²) in [5, 5.41) is 2.48. The van der Waals surface area contributed by atoms with Crippen LogP contribution in [0.2, 0.25) is 5.02 Å². The topological polar surface area (TPSA) is 46.2 Å². The van der Waals surface area contributed by atoms with Crippen molar-refractivity contribution >= 4 is 28.3 Å². The van der Waals surface area contributed by atoms with E-state index in [4.69, 9.17) is 11.6 Å². The van der Waals surface area contributed by atoms with Gasteiger partial charge >= 0.3 is 0 Å². The fourth-order valence-corrected chi connectivity index (χ4v) is 3.89. The largest absolute Gasteiger partial charge is 0.352 e. The maximum atomic E-state index is 13.7. The third kappa shape index (κ3) is 4.27. The Morgan fingerprint density at radius 1 is 1.48 bits per heavy atom. The predicted octanol–water partition coefficient (Wildman–Crippen LogP) is 3.18. The second-order valence-corrected chi connectivity index (χ2v) is 7.52. The molecule has 1 aliphatic rings. The van der Waals surface area contributed by atoms with Crippen LogP contribution in [0, 0.1) is 5.82 Å². The van der Waals surface area contributed by atoms with Crippen molar-refractivity contribution in [2.75, 3.05) is 0 Å². The molecule has 0 aromatic heterocycles. The van der Waals surface area contributed by atoms with Crippen LogP contribution in [0.15, 0.2) is 18.2 Å². The Bertz CT molecular complexity index is 526. The molecule has 1 amide bonds. The number of amides is 1. The van der Waals surface area contributed by atoms with Crippen molar-refractivity contribution in [3.8, 4) is 0 Å². The molecule has 116 valence electrons. The fraction of sp³-hybridized carbons (Fsp3) is 0.533. The van der Waals surface area contributed by atoms with Gasteiger partial charge in [0.1, 0.15) is 11.1 Å². The molecule has 2 atom stereocenters. The number of hydrogen-bond acceptors (Lipinski definition) is 2. The minimum absolute atomic E-state index is 0.0508. The zero-order valence-corrected chi connectivity index (χ0v) is 13.5. The maximum absolute atomic E-state index is 13.7. The van der Waals surface area contributed by atoms with Crippen molar-refractivity contribution in [3.05, 3.63) is 34.6 Å². The van der Waals surface area contributed by atoms with E-state index in [9.17, 15) is 13.4 Å². The highest BCUT2D eigenvalue weighted by atomic mass is 35.5. The lowest BCUT2D eigenvalue weighted by molar-refractivity contribution is -0.121. The van der Waals surface area contributed by atoms with E-state index in [0.717, 1.165) is 25.7 Å². The third-order valence-corrected chi connectivity index (χ3v) is 5.74. The Balaban J connectivity index is 1.97. The smallest absolute Gasteiger partial charge is 0.235 e. The summed E-state index contributed by atoms with van der Waals surface area (Å²) in [7, 11) is -1.50. The number of benzene rings is 1. The molecule has 0 spiro atoms. The Morgan fingerprint density at radius 3 is 2.76 bits per heavy atom. The van der Waals surface area contributed by atoms with Gasteiger partial charge in [0.05, 0.1) is 5.75 Å². The highest BCUT2D eigenvalue weighted by Gasteiger charge is 2.25. The number of carbonyl (C=O) groups is 1. The molecule has 1 N–H and O–H groups in total. The summed E-state index contributed by atoms with van der Waals surface area (Å²) in [4.78, 5) is 12.1. The summed E-state index contributed by atoms with van der Waals surface area (Å²) >= 11 is 5.92. The average Bonchev–Trinajstić information content (AvgIpc) is 2.94. The van der Waals surface area contributed by atoms with Crippen LogP contribution in [-0.4, -0.2) is 21.4 Å². The molecule has 1 aromatic rings. The van der Waals surface area contributed by atoms with Gasteiger partial charge in [0, 0.05) is 27.4 Å². The van der Waals surface area contributed by atoms with E-state index in [1.54, 1.807) is 13.0 Å². The van der Waals surface area contributed by atoms with Crippen molar-refractivity contribution < 1.29 is 13.4 Å². The number of nitrogens with one attached hydrogen (secondary N) is 1. The van der Waals surface area contributed by atoms with Crippen LogP contribution in [0.1, 0.15) is 38.2 Å². The van der Waals surface area contributed by atoms with Crippen LogP contribution in [0.5, 0.6) is 0 Å². The summed E-state index contributed by atoms with van der Waals surface area (Å²) in [5.41, 5.74) is 0.206. The first kappa shape index (κ1) is 16.4. The molecule has 2 rings (SSSR count). The second-order valence-electron chi connectivity index (χ2n) is 5.36. The fourth-order valence-electron chi connectivity index (χ4n) is 2.45. The summed E-state index contributed by atoms with van der Waals surface area (Å²) in [6.07, 6.45) is 4.19.